The highest BCUT2D eigenvalue weighted by molar-refractivity contribution is 7.18. The van der Waals surface area contributed by atoms with Gasteiger partial charge in [0.1, 0.15) is 5.75 Å². The lowest BCUT2D eigenvalue weighted by Crippen LogP contribution is -2.01. The first-order chi connectivity index (χ1) is 5.65. The first-order valence-electron chi connectivity index (χ1n) is 3.30. The van der Waals surface area contributed by atoms with Gasteiger partial charge in [0.05, 0.1) is 10.9 Å². The number of hydrogen-bond acceptors (Lipinski definition) is 4. The van der Waals surface area contributed by atoms with Crippen molar-refractivity contribution in [2.75, 3.05) is 6.61 Å². The average Bonchev–Trinajstić information content (AvgIpc) is 2.30. The van der Waals surface area contributed by atoms with Gasteiger partial charge in [-0.25, -0.2) is 4.79 Å². The monoisotopic (exact) mass is 206 g/mol. The molecule has 66 valence electrons. The number of ether oxygens (including phenoxy) is 1. The lowest BCUT2D eigenvalue weighted by molar-refractivity contribution is 0.0529. The summed E-state index contributed by atoms with van der Waals surface area (Å²) in [5.41, 5.74) is 0. The fourth-order valence-corrected chi connectivity index (χ4v) is 1.70. The summed E-state index contributed by atoms with van der Waals surface area (Å²) in [4.78, 5) is 11.2. The average molecular weight is 207 g/mol. The molecule has 1 heterocycles. The van der Waals surface area contributed by atoms with Gasteiger partial charge in [-0.05, 0) is 6.92 Å². The summed E-state index contributed by atoms with van der Waals surface area (Å²) in [5.74, 6) is -0.657. The maximum Gasteiger partial charge on any atom is 0.352 e. The van der Waals surface area contributed by atoms with Gasteiger partial charge in [0.25, 0.3) is 0 Å². The van der Waals surface area contributed by atoms with E-state index >= 15 is 0 Å². The number of thiophene rings is 1. The molecule has 0 saturated carbocycles. The first-order valence-corrected chi connectivity index (χ1v) is 4.50. The second-order valence-electron chi connectivity index (χ2n) is 1.99. The Labute approximate surface area is 78.5 Å². The highest BCUT2D eigenvalue weighted by Crippen LogP contribution is 2.32. The minimum atomic E-state index is -0.535. The standard InChI is InChI=1S/C7H7ClO3S/c1-2-11-7(10)6-4(9)3-5(8)12-6/h3,9H,2H2,1H3. The highest BCUT2D eigenvalue weighted by atomic mass is 35.5. The summed E-state index contributed by atoms with van der Waals surface area (Å²) in [7, 11) is 0. The van der Waals surface area contributed by atoms with Crippen LogP contribution in [0.5, 0.6) is 5.75 Å². The van der Waals surface area contributed by atoms with Crippen molar-refractivity contribution in [2.45, 2.75) is 6.92 Å². The Morgan fingerprint density at radius 1 is 1.83 bits per heavy atom. The van der Waals surface area contributed by atoms with Gasteiger partial charge in [-0.3, -0.25) is 0 Å². The van der Waals surface area contributed by atoms with Gasteiger partial charge in [-0.15, -0.1) is 11.3 Å². The molecular formula is C7H7ClO3S. The molecular weight excluding hydrogens is 200 g/mol. The van der Waals surface area contributed by atoms with Crippen LogP contribution in [0.3, 0.4) is 0 Å². The van der Waals surface area contributed by atoms with Gasteiger partial charge in [0.15, 0.2) is 4.88 Å². The minimum Gasteiger partial charge on any atom is -0.506 e. The smallest absolute Gasteiger partial charge is 0.352 e. The van der Waals surface area contributed by atoms with Gasteiger partial charge in [-0.1, -0.05) is 11.6 Å². The normalized spacial score (nSPS) is 9.83. The van der Waals surface area contributed by atoms with Gasteiger partial charge in [0.2, 0.25) is 0 Å². The Morgan fingerprint density at radius 2 is 2.50 bits per heavy atom. The van der Waals surface area contributed by atoms with Crippen LogP contribution < -0.4 is 0 Å². The van der Waals surface area contributed by atoms with Crippen LogP contribution in [-0.4, -0.2) is 17.7 Å². The Morgan fingerprint density at radius 3 is 2.92 bits per heavy atom. The zero-order chi connectivity index (χ0) is 9.14. The maximum atomic E-state index is 11.0. The fraction of sp³-hybridized carbons (Fsp3) is 0.286. The van der Waals surface area contributed by atoms with Crippen molar-refractivity contribution in [1.82, 2.24) is 0 Å². The van der Waals surface area contributed by atoms with Crippen LogP contribution in [0.25, 0.3) is 0 Å². The van der Waals surface area contributed by atoms with E-state index in [0.717, 1.165) is 11.3 Å². The van der Waals surface area contributed by atoms with E-state index in [4.69, 9.17) is 16.7 Å². The molecule has 0 atom stereocenters. The second-order valence-corrected chi connectivity index (χ2v) is 3.67. The fourth-order valence-electron chi connectivity index (χ4n) is 0.695. The van der Waals surface area contributed by atoms with Crippen LogP contribution in [0.1, 0.15) is 16.6 Å². The molecule has 0 bridgehead atoms. The Bertz CT molecular complexity index is 295. The molecule has 0 spiro atoms. The van der Waals surface area contributed by atoms with Crippen LogP contribution in [0.4, 0.5) is 0 Å². The lowest BCUT2D eigenvalue weighted by Gasteiger charge is -1.97. The summed E-state index contributed by atoms with van der Waals surface area (Å²) < 4.78 is 5.05. The highest BCUT2D eigenvalue weighted by Gasteiger charge is 2.15. The van der Waals surface area contributed by atoms with Crippen LogP contribution in [0.2, 0.25) is 4.34 Å². The minimum absolute atomic E-state index is 0.122. The van der Waals surface area contributed by atoms with E-state index in [2.05, 4.69) is 4.74 Å². The topological polar surface area (TPSA) is 46.5 Å². The quantitative estimate of drug-likeness (QED) is 0.756. The summed E-state index contributed by atoms with van der Waals surface area (Å²) >= 11 is 6.56. The van der Waals surface area contributed by atoms with E-state index in [0.29, 0.717) is 4.34 Å². The van der Waals surface area contributed by atoms with Crippen molar-refractivity contribution in [3.8, 4) is 5.75 Å². The van der Waals surface area contributed by atoms with Crippen molar-refractivity contribution in [2.24, 2.45) is 0 Å². The van der Waals surface area contributed by atoms with Crippen molar-refractivity contribution in [3.63, 3.8) is 0 Å². The molecule has 0 aliphatic rings. The van der Waals surface area contributed by atoms with Gasteiger partial charge >= 0.3 is 5.97 Å². The zero-order valence-corrected chi connectivity index (χ0v) is 7.91. The van der Waals surface area contributed by atoms with Gasteiger partial charge < -0.3 is 9.84 Å². The van der Waals surface area contributed by atoms with E-state index in [9.17, 15) is 4.79 Å². The second kappa shape index (κ2) is 3.78. The summed E-state index contributed by atoms with van der Waals surface area (Å²) in [6.07, 6.45) is 0. The van der Waals surface area contributed by atoms with E-state index < -0.39 is 5.97 Å². The van der Waals surface area contributed by atoms with Crippen molar-refractivity contribution >= 4 is 28.9 Å². The zero-order valence-electron chi connectivity index (χ0n) is 6.33. The largest absolute Gasteiger partial charge is 0.506 e. The molecule has 12 heavy (non-hydrogen) atoms. The molecule has 0 fully saturated rings. The third-order valence-electron chi connectivity index (χ3n) is 1.14. The van der Waals surface area contributed by atoms with Crippen LogP contribution in [0, 0.1) is 0 Å². The molecule has 0 aliphatic heterocycles. The number of aromatic hydroxyl groups is 1. The number of carbonyl (C=O) groups excluding carboxylic acids is 1. The SMILES string of the molecule is CCOC(=O)c1sc(Cl)cc1O. The molecule has 0 unspecified atom stereocenters. The lowest BCUT2D eigenvalue weighted by atomic mass is 10.4. The number of halogens is 1. The predicted octanol–water partition coefficient (Wildman–Crippen LogP) is 2.28. The van der Waals surface area contributed by atoms with Crippen molar-refractivity contribution in [1.29, 1.82) is 0 Å². The third-order valence-corrected chi connectivity index (χ3v) is 2.38. The molecule has 0 aliphatic carbocycles. The number of hydrogen-bond donors (Lipinski definition) is 1. The van der Waals surface area contributed by atoms with Gasteiger partial charge in [0, 0.05) is 6.07 Å². The molecule has 1 N–H and O–H groups in total. The summed E-state index contributed by atoms with van der Waals surface area (Å²) in [6, 6.07) is 1.32. The van der Waals surface area contributed by atoms with E-state index in [1.165, 1.54) is 6.07 Å². The molecule has 1 rings (SSSR count). The third kappa shape index (κ3) is 1.89. The summed E-state index contributed by atoms with van der Waals surface area (Å²) in [5, 5.41) is 9.15. The Kier molecular flexibility index (Phi) is 2.94. The molecule has 0 saturated heterocycles. The van der Waals surface area contributed by atoms with Gasteiger partial charge in [-0.2, -0.15) is 0 Å². The molecule has 0 radical (unpaired) electrons. The molecule has 3 nitrogen and oxygen atoms in total. The maximum absolute atomic E-state index is 11.0. The number of carbonyl (C=O) groups is 1. The van der Waals surface area contributed by atoms with Crippen LogP contribution in [0.15, 0.2) is 6.07 Å². The van der Waals surface area contributed by atoms with Crippen LogP contribution in [-0.2, 0) is 4.74 Å². The van der Waals surface area contributed by atoms with E-state index in [1.54, 1.807) is 6.92 Å². The molecule has 1 aromatic rings. The summed E-state index contributed by atoms with van der Waals surface area (Å²) in [6.45, 7) is 1.98. The van der Waals surface area contributed by atoms with Crippen molar-refractivity contribution in [3.05, 3.63) is 15.3 Å². The molecule has 0 amide bonds. The Hall–Kier alpha value is -0.740. The van der Waals surface area contributed by atoms with E-state index in [-0.39, 0.29) is 17.2 Å². The van der Waals surface area contributed by atoms with E-state index in [1.807, 2.05) is 0 Å². The number of rotatable bonds is 2. The number of esters is 1. The van der Waals surface area contributed by atoms with Crippen molar-refractivity contribution < 1.29 is 14.6 Å². The van der Waals surface area contributed by atoms with Crippen LogP contribution >= 0.6 is 22.9 Å². The molecule has 5 heteroatoms. The Balaban J connectivity index is 2.87. The predicted molar refractivity (Wildman–Crippen MR) is 47.0 cm³/mol. The first kappa shape index (κ1) is 9.35. The molecule has 1 aromatic heterocycles. The molecule has 0 aromatic carbocycles.